The van der Waals surface area contributed by atoms with Gasteiger partial charge in [-0.3, -0.25) is 4.79 Å². The number of carbonyl (C=O) groups excluding carboxylic acids is 1. The van der Waals surface area contributed by atoms with Crippen LogP contribution in [-0.2, 0) is 0 Å². The summed E-state index contributed by atoms with van der Waals surface area (Å²) in [7, 11) is 1.52. The number of benzene rings is 1. The molecule has 0 saturated carbocycles. The van der Waals surface area contributed by atoms with Crippen molar-refractivity contribution < 1.29 is 15.0 Å². The zero-order chi connectivity index (χ0) is 19.0. The van der Waals surface area contributed by atoms with Crippen molar-refractivity contribution >= 4 is 23.2 Å². The summed E-state index contributed by atoms with van der Waals surface area (Å²) >= 11 is 6.12. The summed E-state index contributed by atoms with van der Waals surface area (Å²) in [5.74, 6) is 0.857. The molecule has 152 valence electrons. The van der Waals surface area contributed by atoms with Crippen LogP contribution >= 0.6 is 11.6 Å². The molecule has 0 aliphatic carbocycles. The fourth-order valence-corrected chi connectivity index (χ4v) is 4.51. The van der Waals surface area contributed by atoms with Gasteiger partial charge in [0.05, 0.1) is 23.4 Å². The summed E-state index contributed by atoms with van der Waals surface area (Å²) in [5, 5.41) is 3.46. The second kappa shape index (κ2) is 8.43. The molecule has 1 aromatic rings. The van der Waals surface area contributed by atoms with Gasteiger partial charge in [0.15, 0.2) is 0 Å². The number of nitrogens with two attached hydrogens (primary N) is 1. The first kappa shape index (κ1) is 20.5. The normalized spacial score (nSPS) is 28.0. The highest BCUT2D eigenvalue weighted by atomic mass is 35.5. The maximum atomic E-state index is 13.0. The Morgan fingerprint density at radius 1 is 1.29 bits per heavy atom. The van der Waals surface area contributed by atoms with Gasteiger partial charge in [-0.05, 0) is 50.1 Å². The number of amides is 1. The molecule has 28 heavy (non-hydrogen) atoms. The molecule has 5 rings (SSSR count). The topological polar surface area (TPSA) is 102 Å². The van der Waals surface area contributed by atoms with Crippen LogP contribution in [0.5, 0.6) is 5.75 Å². The lowest BCUT2D eigenvalue weighted by atomic mass is 9.83. The van der Waals surface area contributed by atoms with Crippen molar-refractivity contribution in [2.45, 2.75) is 25.0 Å². The van der Waals surface area contributed by atoms with Gasteiger partial charge in [0.25, 0.3) is 5.91 Å². The van der Waals surface area contributed by atoms with Crippen LogP contribution in [0.3, 0.4) is 0 Å². The van der Waals surface area contributed by atoms with Gasteiger partial charge in [0.2, 0.25) is 0 Å². The maximum absolute atomic E-state index is 13.0. The van der Waals surface area contributed by atoms with Crippen molar-refractivity contribution in [3.05, 3.63) is 47.1 Å². The van der Waals surface area contributed by atoms with Crippen LogP contribution in [0.4, 0.5) is 5.69 Å². The number of nitrogens with one attached hydrogen (secondary N) is 1. The molecule has 5 N–H and O–H groups in total. The number of carbonyl (C=O) groups is 1. The Labute approximate surface area is 170 Å². The van der Waals surface area contributed by atoms with Gasteiger partial charge in [-0.1, -0.05) is 17.7 Å². The number of rotatable bonds is 4. The van der Waals surface area contributed by atoms with Crippen LogP contribution in [0.25, 0.3) is 0 Å². The fourth-order valence-electron chi connectivity index (χ4n) is 4.35. The number of anilines is 1. The van der Waals surface area contributed by atoms with E-state index in [1.165, 1.54) is 33.0 Å². The van der Waals surface area contributed by atoms with Crippen molar-refractivity contribution in [1.82, 2.24) is 15.1 Å². The Balaban J connectivity index is 0.00000225. The van der Waals surface area contributed by atoms with E-state index in [0.717, 1.165) is 6.54 Å². The lowest BCUT2D eigenvalue weighted by molar-refractivity contribution is 0.0111. The van der Waals surface area contributed by atoms with Crippen LogP contribution in [-0.4, -0.2) is 60.1 Å². The van der Waals surface area contributed by atoms with Gasteiger partial charge in [-0.2, -0.15) is 0 Å². The third-order valence-electron chi connectivity index (χ3n) is 5.83. The van der Waals surface area contributed by atoms with Gasteiger partial charge in [-0.25, -0.2) is 0 Å². The van der Waals surface area contributed by atoms with Crippen molar-refractivity contribution in [2.75, 3.05) is 32.5 Å². The molecule has 2 unspecified atom stereocenters. The average Bonchev–Trinajstić information content (AvgIpc) is 2.71. The minimum atomic E-state index is -0.232. The highest BCUT2D eigenvalue weighted by molar-refractivity contribution is 6.33. The molecule has 3 saturated heterocycles. The highest BCUT2D eigenvalue weighted by Gasteiger charge is 2.39. The molecule has 0 radical (unpaired) electrons. The number of nitrogen functional groups attached to an aromatic ring is 1. The van der Waals surface area contributed by atoms with E-state index in [1.54, 1.807) is 12.1 Å². The number of methoxy groups -OCH3 is 1. The van der Waals surface area contributed by atoms with E-state index in [-0.39, 0.29) is 17.5 Å². The van der Waals surface area contributed by atoms with Gasteiger partial charge in [0.1, 0.15) is 11.9 Å². The van der Waals surface area contributed by atoms with Gasteiger partial charge in [-0.15, -0.1) is 0 Å². The summed E-state index contributed by atoms with van der Waals surface area (Å²) in [4.78, 5) is 17.7. The molecule has 0 spiro atoms. The number of piperidine rings is 3. The summed E-state index contributed by atoms with van der Waals surface area (Å²) < 4.78 is 5.32. The van der Waals surface area contributed by atoms with Crippen LogP contribution < -0.4 is 15.8 Å². The molecular weight excluding hydrogens is 380 g/mol. The summed E-state index contributed by atoms with van der Waals surface area (Å²) in [5.41, 5.74) is 6.60. The largest absolute Gasteiger partial charge is 0.496 e. The van der Waals surface area contributed by atoms with Crippen LogP contribution in [0.15, 0.2) is 36.6 Å². The Morgan fingerprint density at radius 3 is 2.68 bits per heavy atom. The van der Waals surface area contributed by atoms with Crippen molar-refractivity contribution in [3.63, 3.8) is 0 Å². The third-order valence-corrected chi connectivity index (χ3v) is 6.16. The van der Waals surface area contributed by atoms with Crippen LogP contribution in [0, 0.1) is 5.92 Å². The lowest BCUT2D eigenvalue weighted by Crippen LogP contribution is -2.60. The molecule has 1 aromatic carbocycles. The van der Waals surface area contributed by atoms with Crippen molar-refractivity contribution in [3.8, 4) is 5.75 Å². The first-order valence-corrected chi connectivity index (χ1v) is 9.73. The second-order valence-corrected chi connectivity index (χ2v) is 7.78. The fraction of sp³-hybridized carbons (Fsp3) is 0.450. The summed E-state index contributed by atoms with van der Waals surface area (Å²) in [6.07, 6.45) is 10.3. The van der Waals surface area contributed by atoms with Crippen molar-refractivity contribution in [1.29, 1.82) is 0 Å². The Morgan fingerprint density at radius 2 is 2.04 bits per heavy atom. The van der Waals surface area contributed by atoms with Gasteiger partial charge in [0, 0.05) is 24.9 Å². The number of ether oxygens (including phenoxy) is 1. The number of halogens is 1. The standard InChI is InChI=1S/C20H25ClN4O2.H2O/c1-27-18-11-16(22)15(21)10-14(18)20(26)23-19-4-2-3-7-25(19)17-12-24-8-5-13(17)6-9-24;/h2-4,7,10-11,13,17,19H,5-6,8-9,12,22H2,1H3,(H,23,26);1H2. The van der Waals surface area contributed by atoms with Gasteiger partial charge < -0.3 is 31.1 Å². The molecule has 4 aliphatic rings. The minimum Gasteiger partial charge on any atom is -0.496 e. The van der Waals surface area contributed by atoms with Crippen LogP contribution in [0.1, 0.15) is 23.2 Å². The molecule has 0 aromatic heterocycles. The first-order chi connectivity index (χ1) is 13.1. The zero-order valence-electron chi connectivity index (χ0n) is 15.9. The third kappa shape index (κ3) is 3.83. The average molecular weight is 407 g/mol. The Bertz CT molecular complexity index is 790. The summed E-state index contributed by atoms with van der Waals surface area (Å²) in [6, 6.07) is 3.56. The molecule has 4 aliphatic heterocycles. The van der Waals surface area contributed by atoms with E-state index >= 15 is 0 Å². The van der Waals surface area contributed by atoms with E-state index < -0.39 is 0 Å². The number of fused-ring (bicyclic) bond motifs is 3. The Hall–Kier alpha value is -2.22. The molecular formula is C20H27ClN4O3. The molecule has 7 nitrogen and oxygen atoms in total. The van der Waals surface area contributed by atoms with E-state index in [9.17, 15) is 4.79 Å². The van der Waals surface area contributed by atoms with E-state index in [0.29, 0.717) is 34.0 Å². The monoisotopic (exact) mass is 406 g/mol. The number of nitrogens with zero attached hydrogens (tertiary/aromatic N) is 2. The number of hydrogen-bond donors (Lipinski definition) is 2. The Kier molecular flexibility index (Phi) is 6.17. The van der Waals surface area contributed by atoms with Gasteiger partial charge >= 0.3 is 0 Å². The maximum Gasteiger partial charge on any atom is 0.256 e. The molecule has 3 fully saturated rings. The highest BCUT2D eigenvalue weighted by Crippen LogP contribution is 2.33. The minimum absolute atomic E-state index is 0. The predicted octanol–water partition coefficient (Wildman–Crippen LogP) is 1.64. The molecule has 2 bridgehead atoms. The molecule has 8 heteroatoms. The smallest absolute Gasteiger partial charge is 0.256 e. The molecule has 2 atom stereocenters. The van der Waals surface area contributed by atoms with E-state index in [1.807, 2.05) is 18.2 Å². The van der Waals surface area contributed by atoms with E-state index in [2.05, 4.69) is 21.3 Å². The quantitative estimate of drug-likeness (QED) is 0.740. The summed E-state index contributed by atoms with van der Waals surface area (Å²) in [6.45, 7) is 3.42. The second-order valence-electron chi connectivity index (χ2n) is 7.37. The molecule has 4 heterocycles. The zero-order valence-corrected chi connectivity index (χ0v) is 16.7. The molecule has 1 amide bonds. The SMILES string of the molecule is COc1cc(N)c(Cl)cc1C(=O)NC1C=CC=CN1C1CN2CCC1CC2.O. The number of hydrogen-bond acceptors (Lipinski definition) is 5. The van der Waals surface area contributed by atoms with Crippen molar-refractivity contribution in [2.24, 2.45) is 5.92 Å². The predicted molar refractivity (Wildman–Crippen MR) is 110 cm³/mol. The van der Waals surface area contributed by atoms with Crippen LogP contribution in [0.2, 0.25) is 5.02 Å². The van der Waals surface area contributed by atoms with E-state index in [4.69, 9.17) is 22.1 Å². The lowest BCUT2D eigenvalue weighted by Gasteiger charge is -2.51. The first-order valence-electron chi connectivity index (χ1n) is 9.35. The number of allylic oxidation sites excluding steroid dienone is 2.